The number of nitro groups is 1. The largest absolute Gasteiger partial charge is 0.375 e. The van der Waals surface area contributed by atoms with Crippen LogP contribution in [0, 0.1) is 10.1 Å². The van der Waals surface area contributed by atoms with E-state index in [-0.39, 0.29) is 10.8 Å². The van der Waals surface area contributed by atoms with Crippen molar-refractivity contribution in [2.45, 2.75) is 13.3 Å². The third-order valence-electron chi connectivity index (χ3n) is 2.03. The van der Waals surface area contributed by atoms with Crippen LogP contribution < -0.4 is 11.2 Å². The Kier molecular flexibility index (Phi) is 4.53. The monoisotopic (exact) mass is 252 g/mol. The first-order chi connectivity index (χ1) is 8.04. The van der Waals surface area contributed by atoms with Crippen LogP contribution in [0.1, 0.15) is 18.9 Å². The molecule has 0 fully saturated rings. The van der Waals surface area contributed by atoms with Crippen molar-refractivity contribution in [3.63, 3.8) is 0 Å². The van der Waals surface area contributed by atoms with Gasteiger partial charge in [-0.3, -0.25) is 15.5 Å². The molecular formula is C10H12N4O2S. The minimum atomic E-state index is -0.447. The molecule has 0 spiro atoms. The lowest BCUT2D eigenvalue weighted by molar-refractivity contribution is -0.384. The van der Waals surface area contributed by atoms with Gasteiger partial charge in [0.25, 0.3) is 5.69 Å². The molecule has 0 aliphatic rings. The zero-order valence-electron chi connectivity index (χ0n) is 9.21. The third kappa shape index (κ3) is 3.80. The van der Waals surface area contributed by atoms with Gasteiger partial charge in [0.2, 0.25) is 0 Å². The number of nitrogens with zero attached hydrogens (tertiary/aromatic N) is 2. The summed E-state index contributed by atoms with van der Waals surface area (Å²) in [6.45, 7) is 1.89. The molecule has 0 saturated heterocycles. The Morgan fingerprint density at radius 3 is 2.88 bits per heavy atom. The molecule has 0 amide bonds. The number of hydrogen-bond donors (Lipinski definition) is 2. The zero-order valence-corrected chi connectivity index (χ0v) is 10.0. The Labute approximate surface area is 104 Å². The molecule has 0 radical (unpaired) electrons. The average Bonchev–Trinajstić information content (AvgIpc) is 2.30. The molecule has 0 bridgehead atoms. The van der Waals surface area contributed by atoms with Crippen LogP contribution in [0.2, 0.25) is 0 Å². The van der Waals surface area contributed by atoms with Gasteiger partial charge in [-0.25, -0.2) is 0 Å². The molecule has 0 atom stereocenters. The molecule has 0 unspecified atom stereocenters. The summed E-state index contributed by atoms with van der Waals surface area (Å²) < 4.78 is 0. The summed E-state index contributed by atoms with van der Waals surface area (Å²) in [5, 5.41) is 14.7. The first-order valence-corrected chi connectivity index (χ1v) is 5.32. The fraction of sp³-hybridized carbons (Fsp3) is 0.200. The van der Waals surface area contributed by atoms with Crippen LogP contribution in [0.5, 0.6) is 0 Å². The lowest BCUT2D eigenvalue weighted by atomic mass is 10.1. The van der Waals surface area contributed by atoms with E-state index in [2.05, 4.69) is 22.7 Å². The second-order valence-corrected chi connectivity index (χ2v) is 3.64. The molecule has 90 valence electrons. The van der Waals surface area contributed by atoms with Crippen molar-refractivity contribution in [2.75, 3.05) is 0 Å². The highest BCUT2D eigenvalue weighted by molar-refractivity contribution is 7.80. The normalized spacial score (nSPS) is 11.0. The number of rotatable bonds is 4. The molecular weight excluding hydrogens is 240 g/mol. The Balaban J connectivity index is 3.03. The molecule has 1 aromatic rings. The van der Waals surface area contributed by atoms with Crippen molar-refractivity contribution in [1.29, 1.82) is 0 Å². The molecule has 0 saturated carbocycles. The summed E-state index contributed by atoms with van der Waals surface area (Å²) in [6.07, 6.45) is 0.608. The van der Waals surface area contributed by atoms with Gasteiger partial charge in [-0.05, 0) is 18.6 Å². The van der Waals surface area contributed by atoms with E-state index in [9.17, 15) is 10.1 Å². The first kappa shape index (κ1) is 13.0. The van der Waals surface area contributed by atoms with E-state index in [4.69, 9.17) is 5.73 Å². The van der Waals surface area contributed by atoms with Gasteiger partial charge in [-0.1, -0.05) is 19.1 Å². The van der Waals surface area contributed by atoms with Gasteiger partial charge in [-0.2, -0.15) is 5.10 Å². The predicted molar refractivity (Wildman–Crippen MR) is 69.8 cm³/mol. The Hall–Kier alpha value is -2.02. The van der Waals surface area contributed by atoms with Crippen LogP contribution in [0.25, 0.3) is 0 Å². The standard InChI is InChI=1S/C10H12N4O2S/c1-2-9(12-13-10(11)17)7-4-3-5-8(6-7)14(15)16/h3-6H,2H2,1H3,(H3,11,13,17)/b12-9+. The van der Waals surface area contributed by atoms with Crippen LogP contribution in [-0.4, -0.2) is 15.7 Å². The second kappa shape index (κ2) is 5.90. The number of hydrazone groups is 1. The van der Waals surface area contributed by atoms with E-state index in [0.29, 0.717) is 17.7 Å². The lowest BCUT2D eigenvalue weighted by Crippen LogP contribution is -2.25. The average molecular weight is 252 g/mol. The van der Waals surface area contributed by atoms with Gasteiger partial charge in [0, 0.05) is 17.7 Å². The highest BCUT2D eigenvalue weighted by Gasteiger charge is 2.08. The topological polar surface area (TPSA) is 93.5 Å². The van der Waals surface area contributed by atoms with Crippen LogP contribution in [0.4, 0.5) is 5.69 Å². The van der Waals surface area contributed by atoms with E-state index in [1.807, 2.05) is 6.92 Å². The van der Waals surface area contributed by atoms with Crippen LogP contribution in [-0.2, 0) is 0 Å². The minimum absolute atomic E-state index is 0.0268. The quantitative estimate of drug-likeness (QED) is 0.367. The maximum absolute atomic E-state index is 10.6. The van der Waals surface area contributed by atoms with Gasteiger partial charge in [0.15, 0.2) is 5.11 Å². The lowest BCUT2D eigenvalue weighted by Gasteiger charge is -2.04. The van der Waals surface area contributed by atoms with Crippen LogP contribution >= 0.6 is 12.2 Å². The molecule has 0 aromatic heterocycles. The van der Waals surface area contributed by atoms with Gasteiger partial charge in [0.1, 0.15) is 0 Å². The number of nitrogens with one attached hydrogen (secondary N) is 1. The molecule has 6 nitrogen and oxygen atoms in total. The minimum Gasteiger partial charge on any atom is -0.375 e. The number of non-ortho nitro benzene ring substituents is 1. The third-order valence-corrected chi connectivity index (χ3v) is 2.12. The van der Waals surface area contributed by atoms with E-state index in [1.54, 1.807) is 12.1 Å². The number of benzene rings is 1. The number of nitrogens with two attached hydrogens (primary N) is 1. The van der Waals surface area contributed by atoms with Gasteiger partial charge in [-0.15, -0.1) is 0 Å². The summed E-state index contributed by atoms with van der Waals surface area (Å²) in [5.41, 5.74) is 9.08. The van der Waals surface area contributed by atoms with Crippen LogP contribution in [0.15, 0.2) is 29.4 Å². The van der Waals surface area contributed by atoms with Gasteiger partial charge in [0.05, 0.1) is 10.6 Å². The van der Waals surface area contributed by atoms with E-state index in [0.717, 1.165) is 0 Å². The van der Waals surface area contributed by atoms with Crippen molar-refractivity contribution in [3.8, 4) is 0 Å². The Morgan fingerprint density at radius 1 is 1.65 bits per heavy atom. The highest BCUT2D eigenvalue weighted by Crippen LogP contribution is 2.14. The molecule has 0 aliphatic heterocycles. The van der Waals surface area contributed by atoms with Gasteiger partial charge >= 0.3 is 0 Å². The number of hydrogen-bond acceptors (Lipinski definition) is 4. The Bertz CT molecular complexity index is 473. The molecule has 17 heavy (non-hydrogen) atoms. The number of thiocarbonyl (C=S) groups is 1. The molecule has 3 N–H and O–H groups in total. The van der Waals surface area contributed by atoms with Crippen molar-refractivity contribution in [1.82, 2.24) is 5.43 Å². The van der Waals surface area contributed by atoms with E-state index < -0.39 is 4.92 Å². The molecule has 1 aromatic carbocycles. The fourth-order valence-electron chi connectivity index (χ4n) is 1.27. The second-order valence-electron chi connectivity index (χ2n) is 3.20. The smallest absolute Gasteiger partial charge is 0.270 e. The van der Waals surface area contributed by atoms with Crippen molar-refractivity contribution in [3.05, 3.63) is 39.9 Å². The number of nitro benzene ring substituents is 1. The van der Waals surface area contributed by atoms with E-state index in [1.165, 1.54) is 12.1 Å². The fourth-order valence-corrected chi connectivity index (χ4v) is 1.31. The Morgan fingerprint density at radius 2 is 2.35 bits per heavy atom. The van der Waals surface area contributed by atoms with Crippen LogP contribution in [0.3, 0.4) is 0 Å². The summed E-state index contributed by atoms with van der Waals surface area (Å²) >= 11 is 4.63. The maximum Gasteiger partial charge on any atom is 0.270 e. The first-order valence-electron chi connectivity index (χ1n) is 4.91. The molecule has 7 heteroatoms. The molecule has 0 heterocycles. The summed E-state index contributed by atoms with van der Waals surface area (Å²) in [5.74, 6) is 0. The van der Waals surface area contributed by atoms with Crippen molar-refractivity contribution >= 4 is 28.7 Å². The van der Waals surface area contributed by atoms with Crippen molar-refractivity contribution in [2.24, 2.45) is 10.8 Å². The SMILES string of the molecule is CC/C(=N\NC(N)=S)c1cccc([N+](=O)[O-])c1. The van der Waals surface area contributed by atoms with Gasteiger partial charge < -0.3 is 5.73 Å². The molecule has 1 rings (SSSR count). The predicted octanol–water partition coefficient (Wildman–Crippen LogP) is 1.54. The summed E-state index contributed by atoms with van der Waals surface area (Å²) in [7, 11) is 0. The zero-order chi connectivity index (χ0) is 12.8. The van der Waals surface area contributed by atoms with Crippen molar-refractivity contribution < 1.29 is 4.92 Å². The summed E-state index contributed by atoms with van der Waals surface area (Å²) in [4.78, 5) is 10.2. The highest BCUT2D eigenvalue weighted by atomic mass is 32.1. The molecule has 0 aliphatic carbocycles. The summed E-state index contributed by atoms with van der Waals surface area (Å²) in [6, 6.07) is 6.25. The maximum atomic E-state index is 10.6. The van der Waals surface area contributed by atoms with E-state index >= 15 is 0 Å².